The smallest absolute Gasteiger partial charge is 0.436 e. The predicted molar refractivity (Wildman–Crippen MR) is 47.9 cm³/mol. The molecule has 0 rings (SSSR count). The summed E-state index contributed by atoms with van der Waals surface area (Å²) in [4.78, 5) is 19.2. The van der Waals surface area contributed by atoms with Crippen LogP contribution in [0, 0.1) is 0 Å². The largest absolute Gasteiger partial charge is 0.472 e. The van der Waals surface area contributed by atoms with E-state index in [0.717, 1.165) is 0 Å². The molecule has 0 aromatic carbocycles. The van der Waals surface area contributed by atoms with Gasteiger partial charge in [0, 0.05) is 0 Å². The van der Waals surface area contributed by atoms with E-state index in [9.17, 15) is 9.36 Å². The summed E-state index contributed by atoms with van der Waals surface area (Å²) in [6.45, 7) is 5.15. The monoisotopic (exact) mass is 210 g/mol. The van der Waals surface area contributed by atoms with Crippen molar-refractivity contribution in [1.82, 2.24) is 0 Å². The Morgan fingerprint density at radius 1 is 1.46 bits per heavy atom. The summed E-state index contributed by atoms with van der Waals surface area (Å²) in [5.74, 6) is 0. The lowest BCUT2D eigenvalue weighted by molar-refractivity contribution is 0.0651. The first-order valence-corrected chi connectivity index (χ1v) is 5.62. The third-order valence-corrected chi connectivity index (χ3v) is 3.25. The highest BCUT2D eigenvalue weighted by molar-refractivity contribution is 7.70. The van der Waals surface area contributed by atoms with Crippen LogP contribution in [-0.4, -0.2) is 21.3 Å². The van der Waals surface area contributed by atoms with E-state index >= 15 is 0 Å². The zero-order chi connectivity index (χ0) is 10.7. The Balaban J connectivity index is 4.59. The highest BCUT2D eigenvalue weighted by atomic mass is 31.2. The lowest BCUT2D eigenvalue weighted by Crippen LogP contribution is -2.26. The van der Waals surface area contributed by atoms with Gasteiger partial charge in [-0.1, -0.05) is 13.8 Å². The van der Waals surface area contributed by atoms with Gasteiger partial charge in [-0.05, 0) is 19.8 Å². The third kappa shape index (κ3) is 3.46. The number of hydrogen-bond donors (Lipinski definition) is 2. The fourth-order valence-electron chi connectivity index (χ4n) is 0.717. The Hall–Kier alpha value is -0.380. The van der Waals surface area contributed by atoms with Crippen LogP contribution in [0.2, 0.25) is 0 Å². The van der Waals surface area contributed by atoms with Gasteiger partial charge in [0.1, 0.15) is 0 Å². The molecule has 0 saturated carbocycles. The molecule has 0 bridgehead atoms. The summed E-state index contributed by atoms with van der Waals surface area (Å²) in [7, 11) is -4.50. The summed E-state index contributed by atoms with van der Waals surface area (Å²) >= 11 is 0. The molecule has 0 aliphatic heterocycles. The van der Waals surface area contributed by atoms with Gasteiger partial charge in [-0.2, -0.15) is 0 Å². The molecule has 1 atom stereocenters. The van der Waals surface area contributed by atoms with E-state index < -0.39 is 18.9 Å². The van der Waals surface area contributed by atoms with E-state index in [1.165, 1.54) is 0 Å². The zero-order valence-corrected chi connectivity index (χ0v) is 8.88. The lowest BCUT2D eigenvalue weighted by Gasteiger charge is -2.27. The van der Waals surface area contributed by atoms with Gasteiger partial charge in [-0.3, -0.25) is 4.52 Å². The maximum absolute atomic E-state index is 11.0. The van der Waals surface area contributed by atoms with Crippen molar-refractivity contribution >= 4 is 13.3 Å². The van der Waals surface area contributed by atoms with Gasteiger partial charge in [0.05, 0.1) is 5.60 Å². The molecule has 6 heteroatoms. The fourth-order valence-corrected chi connectivity index (χ4v) is 1.65. The number of hydrogen-bond acceptors (Lipinski definition) is 3. The first-order valence-electron chi connectivity index (χ1n) is 4.04. The second-order valence-corrected chi connectivity index (χ2v) is 4.66. The molecule has 0 radical (unpaired) electrons. The minimum absolute atomic E-state index is 0.487. The van der Waals surface area contributed by atoms with Crippen molar-refractivity contribution in [2.75, 3.05) is 0 Å². The van der Waals surface area contributed by atoms with E-state index in [1.807, 2.05) is 0 Å². The van der Waals surface area contributed by atoms with Crippen LogP contribution in [0.4, 0.5) is 4.79 Å². The lowest BCUT2D eigenvalue weighted by atomic mass is 10.0. The molecule has 0 aliphatic rings. The predicted octanol–water partition coefficient (Wildman–Crippen LogP) is 2.45. The van der Waals surface area contributed by atoms with Crippen LogP contribution in [0.25, 0.3) is 0 Å². The third-order valence-electron chi connectivity index (χ3n) is 2.08. The summed E-state index contributed by atoms with van der Waals surface area (Å²) in [6, 6.07) is 0. The van der Waals surface area contributed by atoms with Crippen LogP contribution >= 0.6 is 7.60 Å². The second kappa shape index (κ2) is 4.22. The number of rotatable bonds is 5. The van der Waals surface area contributed by atoms with E-state index in [4.69, 9.17) is 14.5 Å². The molecule has 1 unspecified atom stereocenters. The van der Waals surface area contributed by atoms with Crippen molar-refractivity contribution in [2.24, 2.45) is 0 Å². The number of carboxylic acid groups (broad SMARTS) is 1. The topological polar surface area (TPSA) is 83.8 Å². The molecule has 0 amide bonds. The SMILES string of the molecule is CCC(C)(CC)OP(=O)(O)C(=O)O. The van der Waals surface area contributed by atoms with Crippen LogP contribution in [0.5, 0.6) is 0 Å². The molecule has 13 heavy (non-hydrogen) atoms. The highest BCUT2D eigenvalue weighted by Crippen LogP contribution is 2.48. The van der Waals surface area contributed by atoms with Crippen LogP contribution in [-0.2, 0) is 9.09 Å². The van der Waals surface area contributed by atoms with Gasteiger partial charge >= 0.3 is 13.3 Å². The molecular formula is C7H15O5P. The Bertz CT molecular complexity index is 233. The Labute approximate surface area is 77.3 Å². The van der Waals surface area contributed by atoms with Crippen LogP contribution in [0.1, 0.15) is 33.6 Å². The highest BCUT2D eigenvalue weighted by Gasteiger charge is 2.38. The average molecular weight is 210 g/mol. The van der Waals surface area contributed by atoms with Gasteiger partial charge in [0.15, 0.2) is 0 Å². The Morgan fingerprint density at radius 2 is 1.85 bits per heavy atom. The molecule has 0 aromatic heterocycles. The molecule has 0 saturated heterocycles. The molecule has 5 nitrogen and oxygen atoms in total. The minimum Gasteiger partial charge on any atom is -0.472 e. The normalized spacial score (nSPS) is 16.6. The zero-order valence-electron chi connectivity index (χ0n) is 7.98. The summed E-state index contributed by atoms with van der Waals surface area (Å²) in [5.41, 5.74) is -2.65. The quantitative estimate of drug-likeness (QED) is 0.681. The summed E-state index contributed by atoms with van der Waals surface area (Å²) < 4.78 is 15.7. The van der Waals surface area contributed by atoms with E-state index in [1.54, 1.807) is 20.8 Å². The van der Waals surface area contributed by atoms with Gasteiger partial charge < -0.3 is 10.00 Å². The number of carbonyl (C=O) groups is 1. The second-order valence-electron chi connectivity index (χ2n) is 3.05. The van der Waals surface area contributed by atoms with Crippen LogP contribution in [0.15, 0.2) is 0 Å². The molecule has 0 aliphatic carbocycles. The summed E-state index contributed by atoms with van der Waals surface area (Å²) in [6.07, 6.45) is 0.975. The van der Waals surface area contributed by atoms with Gasteiger partial charge in [0.25, 0.3) is 0 Å². The van der Waals surface area contributed by atoms with Gasteiger partial charge in [-0.25, -0.2) is 9.36 Å². The molecule has 0 spiro atoms. The first kappa shape index (κ1) is 12.6. The average Bonchev–Trinajstić information content (AvgIpc) is 2.03. The first-order chi connectivity index (χ1) is 5.77. The molecule has 2 N–H and O–H groups in total. The minimum atomic E-state index is -4.50. The van der Waals surface area contributed by atoms with E-state index in [2.05, 4.69) is 0 Å². The van der Waals surface area contributed by atoms with Crippen molar-refractivity contribution in [1.29, 1.82) is 0 Å². The van der Waals surface area contributed by atoms with Crippen molar-refractivity contribution in [3.05, 3.63) is 0 Å². The standard InChI is InChI=1S/C7H15O5P/c1-4-7(3,5-2)12-13(10,11)6(8)9/h4-5H2,1-3H3,(H,8,9)(H,10,11). The maximum atomic E-state index is 11.0. The maximum Gasteiger partial charge on any atom is 0.436 e. The van der Waals surface area contributed by atoms with Gasteiger partial charge in [0.2, 0.25) is 0 Å². The Morgan fingerprint density at radius 3 is 2.08 bits per heavy atom. The van der Waals surface area contributed by atoms with Crippen LogP contribution < -0.4 is 0 Å². The van der Waals surface area contributed by atoms with E-state index in [0.29, 0.717) is 12.8 Å². The Kier molecular flexibility index (Phi) is 4.10. The van der Waals surface area contributed by atoms with Crippen molar-refractivity contribution < 1.29 is 23.9 Å². The van der Waals surface area contributed by atoms with Crippen LogP contribution in [0.3, 0.4) is 0 Å². The van der Waals surface area contributed by atoms with Crippen molar-refractivity contribution in [3.8, 4) is 0 Å². The molecule has 78 valence electrons. The summed E-state index contributed by atoms with van der Waals surface area (Å²) in [5, 5.41) is 8.36. The fraction of sp³-hybridized carbons (Fsp3) is 0.857. The van der Waals surface area contributed by atoms with Gasteiger partial charge in [-0.15, -0.1) is 0 Å². The molecule has 0 heterocycles. The van der Waals surface area contributed by atoms with E-state index in [-0.39, 0.29) is 0 Å². The molecular weight excluding hydrogens is 195 g/mol. The molecule has 0 fully saturated rings. The van der Waals surface area contributed by atoms with Crippen molar-refractivity contribution in [2.45, 2.75) is 39.2 Å². The van der Waals surface area contributed by atoms with Crippen molar-refractivity contribution in [3.63, 3.8) is 0 Å². The molecule has 0 aromatic rings.